The molecule has 11 heteroatoms. The lowest BCUT2D eigenvalue weighted by Gasteiger charge is -2.28. The highest BCUT2D eigenvalue weighted by atomic mass is 31.2. The van der Waals surface area contributed by atoms with Gasteiger partial charge in [-0.15, -0.1) is 0 Å². The smallest absolute Gasteiger partial charge is 0.448 e. The Bertz CT molecular complexity index is 1000. The van der Waals surface area contributed by atoms with Gasteiger partial charge in [0.1, 0.15) is 19.3 Å². The van der Waals surface area contributed by atoms with Crippen molar-refractivity contribution in [2.24, 2.45) is 0 Å². The van der Waals surface area contributed by atoms with Gasteiger partial charge in [0.2, 0.25) is 5.30 Å². The van der Waals surface area contributed by atoms with Crippen molar-refractivity contribution in [2.75, 3.05) is 26.9 Å². The molecule has 3 rings (SSSR count). The Labute approximate surface area is 179 Å². The SMILES string of the molecule is CCOC1CO[P+](O)(c2c(C)nc(C)c(C(=O)OC)c2-c2ccccc2[N+](=O)[O-])OC1. The molecule has 0 saturated carbocycles. The highest BCUT2D eigenvalue weighted by Crippen LogP contribution is 2.60. The Morgan fingerprint density at radius 3 is 2.52 bits per heavy atom. The van der Waals surface area contributed by atoms with Crippen LogP contribution in [0.4, 0.5) is 5.69 Å². The summed E-state index contributed by atoms with van der Waals surface area (Å²) in [5.41, 5.74) is 0.652. The summed E-state index contributed by atoms with van der Waals surface area (Å²) in [5, 5.41) is 11.9. The molecule has 31 heavy (non-hydrogen) atoms. The summed E-state index contributed by atoms with van der Waals surface area (Å²) in [7, 11) is -2.53. The van der Waals surface area contributed by atoms with Crippen LogP contribution in [0.3, 0.4) is 0 Å². The number of aryl methyl sites for hydroxylation is 2. The molecular formula is C20H24N2O8P+. The van der Waals surface area contributed by atoms with Gasteiger partial charge < -0.3 is 9.47 Å². The van der Waals surface area contributed by atoms with E-state index < -0.39 is 18.8 Å². The predicted molar refractivity (Wildman–Crippen MR) is 113 cm³/mol. The van der Waals surface area contributed by atoms with Gasteiger partial charge in [-0.3, -0.25) is 15.1 Å². The van der Waals surface area contributed by atoms with Crippen molar-refractivity contribution < 1.29 is 33.1 Å². The van der Waals surface area contributed by atoms with E-state index >= 15 is 0 Å². The first kappa shape index (κ1) is 23.2. The van der Waals surface area contributed by atoms with Crippen LogP contribution < -0.4 is 5.30 Å². The zero-order chi connectivity index (χ0) is 22.8. The highest BCUT2D eigenvalue weighted by molar-refractivity contribution is 7.69. The quantitative estimate of drug-likeness (QED) is 0.305. The van der Waals surface area contributed by atoms with E-state index in [9.17, 15) is 19.8 Å². The van der Waals surface area contributed by atoms with Gasteiger partial charge in [-0.2, -0.15) is 13.9 Å². The Hall–Kier alpha value is -2.49. The standard InChI is InChI=1S/C20H24N2O8P/c1-5-28-14-10-29-31(26,30-11-14)19-13(3)21-12(2)17(20(23)27-4)18(19)15-8-6-7-9-16(15)22(24)25/h6-9,14,26H,5,10-11H2,1-4H3/q+1. The minimum absolute atomic E-state index is 0.00459. The third-order valence-corrected chi connectivity index (χ3v) is 6.95. The van der Waals surface area contributed by atoms with E-state index in [4.69, 9.17) is 18.5 Å². The Morgan fingerprint density at radius 1 is 1.29 bits per heavy atom. The maximum Gasteiger partial charge on any atom is 0.448 e. The van der Waals surface area contributed by atoms with Crippen LogP contribution in [-0.2, 0) is 18.5 Å². The summed E-state index contributed by atoms with van der Waals surface area (Å²) in [6.45, 7) is 5.63. The largest absolute Gasteiger partial charge is 0.465 e. The predicted octanol–water partition coefficient (Wildman–Crippen LogP) is 2.89. The summed E-state index contributed by atoms with van der Waals surface area (Å²) in [4.78, 5) is 39.7. The number of carbonyl (C=O) groups excluding carboxylic acids is 1. The number of esters is 1. The van der Waals surface area contributed by atoms with E-state index in [1.54, 1.807) is 19.9 Å². The van der Waals surface area contributed by atoms with Gasteiger partial charge in [0.25, 0.3) is 5.69 Å². The summed E-state index contributed by atoms with van der Waals surface area (Å²) in [6.07, 6.45) is -0.362. The number of hydrogen-bond donors (Lipinski definition) is 1. The van der Waals surface area contributed by atoms with Crippen molar-refractivity contribution in [3.63, 3.8) is 0 Å². The van der Waals surface area contributed by atoms with E-state index in [-0.39, 0.29) is 47.0 Å². The van der Waals surface area contributed by atoms with Crippen molar-refractivity contribution in [3.8, 4) is 11.1 Å². The normalized spacial score (nSPS) is 21.0. The van der Waals surface area contributed by atoms with E-state index in [0.29, 0.717) is 18.0 Å². The fourth-order valence-electron chi connectivity index (χ4n) is 3.56. The van der Waals surface area contributed by atoms with Gasteiger partial charge in [-0.05, 0) is 26.8 Å². The fourth-order valence-corrected chi connectivity index (χ4v) is 5.60. The maximum absolute atomic E-state index is 12.7. The second-order valence-corrected chi connectivity index (χ2v) is 8.84. The molecule has 166 valence electrons. The van der Waals surface area contributed by atoms with Gasteiger partial charge in [0, 0.05) is 12.7 Å². The van der Waals surface area contributed by atoms with Crippen molar-refractivity contribution in [1.29, 1.82) is 0 Å². The van der Waals surface area contributed by atoms with Crippen LogP contribution >= 0.6 is 7.94 Å². The van der Waals surface area contributed by atoms with E-state index in [1.165, 1.54) is 25.3 Å². The number of methoxy groups -OCH3 is 1. The third kappa shape index (κ3) is 4.44. The first-order valence-corrected chi connectivity index (χ1v) is 11.2. The summed E-state index contributed by atoms with van der Waals surface area (Å²) >= 11 is 0. The molecule has 0 radical (unpaired) electrons. The molecule has 1 aromatic carbocycles. The molecule has 2 heterocycles. The number of para-hydroxylation sites is 1. The van der Waals surface area contributed by atoms with E-state index in [0.717, 1.165) is 0 Å². The molecule has 1 aromatic heterocycles. The number of carbonyl (C=O) groups is 1. The van der Waals surface area contributed by atoms with Gasteiger partial charge in [-0.25, -0.2) is 4.79 Å². The molecule has 0 spiro atoms. The minimum atomic E-state index is -3.74. The molecule has 0 bridgehead atoms. The molecule has 1 fully saturated rings. The first-order valence-electron chi connectivity index (χ1n) is 9.59. The number of rotatable bonds is 6. The molecule has 10 nitrogen and oxygen atoms in total. The molecule has 1 aliphatic rings. The lowest BCUT2D eigenvalue weighted by atomic mass is 9.96. The number of pyridine rings is 1. The zero-order valence-corrected chi connectivity index (χ0v) is 18.5. The lowest BCUT2D eigenvalue weighted by Crippen LogP contribution is -2.36. The molecule has 2 aromatic rings. The van der Waals surface area contributed by atoms with Crippen LogP contribution in [0, 0.1) is 24.0 Å². The maximum atomic E-state index is 12.7. The number of benzene rings is 1. The van der Waals surface area contributed by atoms with Gasteiger partial charge in [0.15, 0.2) is 0 Å². The summed E-state index contributed by atoms with van der Waals surface area (Å²) < 4.78 is 21.9. The van der Waals surface area contributed by atoms with Crippen molar-refractivity contribution >= 4 is 24.9 Å². The van der Waals surface area contributed by atoms with Crippen LogP contribution in [0.2, 0.25) is 0 Å². The first-order chi connectivity index (χ1) is 14.7. The lowest BCUT2D eigenvalue weighted by molar-refractivity contribution is -0.384. The van der Waals surface area contributed by atoms with Crippen molar-refractivity contribution in [3.05, 3.63) is 51.3 Å². The minimum Gasteiger partial charge on any atom is -0.465 e. The monoisotopic (exact) mass is 451 g/mol. The fraction of sp³-hybridized carbons (Fsp3) is 0.400. The van der Waals surface area contributed by atoms with Crippen LogP contribution in [-0.4, -0.2) is 53.8 Å². The average Bonchev–Trinajstić information content (AvgIpc) is 2.74. The molecule has 1 aliphatic heterocycles. The second-order valence-electron chi connectivity index (χ2n) is 6.84. The summed E-state index contributed by atoms with van der Waals surface area (Å²) in [6, 6.07) is 5.95. The molecule has 0 unspecified atom stereocenters. The molecule has 0 aliphatic carbocycles. The number of nitro benzene ring substituents is 1. The Morgan fingerprint density at radius 2 is 1.94 bits per heavy atom. The van der Waals surface area contributed by atoms with Crippen molar-refractivity contribution in [2.45, 2.75) is 26.9 Å². The van der Waals surface area contributed by atoms with E-state index in [2.05, 4.69) is 4.98 Å². The van der Waals surface area contributed by atoms with Crippen molar-refractivity contribution in [1.82, 2.24) is 4.98 Å². The number of aromatic nitrogens is 1. The molecule has 0 atom stereocenters. The van der Waals surface area contributed by atoms with E-state index in [1.807, 2.05) is 6.92 Å². The molecule has 1 N–H and O–H groups in total. The van der Waals surface area contributed by atoms with Crippen LogP contribution in [0.15, 0.2) is 24.3 Å². The second kappa shape index (κ2) is 9.33. The Kier molecular flexibility index (Phi) is 6.98. The molecule has 0 amide bonds. The summed E-state index contributed by atoms with van der Waals surface area (Å²) in [5.74, 6) is -0.741. The van der Waals surface area contributed by atoms with Gasteiger partial charge in [0.05, 0.1) is 40.1 Å². The number of ether oxygens (including phenoxy) is 2. The molecule has 1 saturated heterocycles. The average molecular weight is 451 g/mol. The van der Waals surface area contributed by atoms with Crippen LogP contribution in [0.25, 0.3) is 11.1 Å². The highest BCUT2D eigenvalue weighted by Gasteiger charge is 2.54. The zero-order valence-electron chi connectivity index (χ0n) is 17.7. The number of nitro groups is 1. The van der Waals surface area contributed by atoms with Gasteiger partial charge in [-0.1, -0.05) is 12.1 Å². The van der Waals surface area contributed by atoms with Gasteiger partial charge >= 0.3 is 13.9 Å². The number of nitrogens with zero attached hydrogens (tertiary/aromatic N) is 2. The van der Waals surface area contributed by atoms with Crippen LogP contribution in [0.1, 0.15) is 28.7 Å². The molecular weight excluding hydrogens is 427 g/mol. The third-order valence-electron chi connectivity index (χ3n) is 4.84. The van der Waals surface area contributed by atoms with Crippen LogP contribution in [0.5, 0.6) is 0 Å². The topological polar surface area (TPSA) is 130 Å². The Balaban J connectivity index is 2.30. The number of hydrogen-bond acceptors (Lipinski definition) is 9.